The molecule has 5 aromatic rings. The summed E-state index contributed by atoms with van der Waals surface area (Å²) in [6.07, 6.45) is 11.2. The number of piperidine rings is 1. The summed E-state index contributed by atoms with van der Waals surface area (Å²) in [4.78, 5) is 39.8. The Morgan fingerprint density at radius 1 is 1.04 bits per heavy atom. The first kappa shape index (κ1) is 40.3. The molecule has 15 heteroatoms. The highest BCUT2D eigenvalue weighted by atomic mass is 19.2. The van der Waals surface area contributed by atoms with Crippen LogP contribution in [0, 0.1) is 13.8 Å². The van der Waals surface area contributed by atoms with Crippen LogP contribution in [-0.4, -0.2) is 73.8 Å². The molecule has 1 unspecified atom stereocenters. The van der Waals surface area contributed by atoms with Gasteiger partial charge in [0.1, 0.15) is 29.3 Å². The molecule has 1 aliphatic heterocycles. The molecule has 57 heavy (non-hydrogen) atoms. The molecular weight excluding hydrogens is 727 g/mol. The summed E-state index contributed by atoms with van der Waals surface area (Å²) in [7, 11) is -0.920. The van der Waals surface area contributed by atoms with Gasteiger partial charge in [-0.2, -0.15) is 5.10 Å². The van der Waals surface area contributed by atoms with Gasteiger partial charge in [0.25, 0.3) is 0 Å². The van der Waals surface area contributed by atoms with Gasteiger partial charge >= 0.3 is 7.40 Å². The van der Waals surface area contributed by atoms with Crippen LogP contribution in [0.5, 0.6) is 11.5 Å². The highest BCUT2D eigenvalue weighted by Gasteiger charge is 2.28. The summed E-state index contributed by atoms with van der Waals surface area (Å²) in [6, 6.07) is 19.0. The van der Waals surface area contributed by atoms with Gasteiger partial charge < -0.3 is 25.3 Å². The molecule has 0 spiro atoms. The second-order valence-corrected chi connectivity index (χ2v) is 14.0. The molecule has 6 rings (SSSR count). The number of nitrogens with zero attached hydrogens (tertiary/aromatic N) is 7. The zero-order chi connectivity index (χ0) is 40.5. The fourth-order valence-corrected chi connectivity index (χ4v) is 6.84. The number of allylic oxidation sites excluding steroid dienone is 3. The van der Waals surface area contributed by atoms with E-state index in [2.05, 4.69) is 30.8 Å². The number of fused-ring (bicyclic) bond motifs is 1. The number of rotatable bonds is 14. The third-order valence-corrected chi connectivity index (χ3v) is 9.85. The first-order valence-electron chi connectivity index (χ1n) is 18.8. The average molecular weight is 774 g/mol. The average Bonchev–Trinajstić information content (AvgIpc) is 3.71. The van der Waals surface area contributed by atoms with Crippen LogP contribution in [-0.2, 0) is 16.6 Å². The molecule has 1 atom stereocenters. The van der Waals surface area contributed by atoms with E-state index in [1.807, 2.05) is 93.2 Å². The number of ether oxygens (including phenoxy) is 1. The standard InChI is InChI=1S/C42H46BF2N9O3/c1-28(24-36-29(2)25-30(3)52(36)4)14-17-32(50-43(44)45)18-21-37(55)47-22-8-13-38(56)53-23-9-10-33(26-53)54-42-39(41(46)48-27-49-42)40(51-54)31-15-19-35(20-16-31)57-34-11-6-5-7-12-34/h5-8,11-17,19-20,24-25,27,33H,9-10,18,21-23,26H2,1-4H3,(H,47,55)(H2,46,48,49)/b13-8+,17-14-,28-24+,50-32-. The minimum atomic E-state index is -2.89. The van der Waals surface area contributed by atoms with Crippen LogP contribution in [0.3, 0.4) is 0 Å². The summed E-state index contributed by atoms with van der Waals surface area (Å²) in [5.41, 5.74) is 12.7. The Bertz CT molecular complexity index is 2330. The minimum Gasteiger partial charge on any atom is -0.457 e. The van der Waals surface area contributed by atoms with E-state index in [1.165, 1.54) is 18.5 Å². The number of amides is 2. The lowest BCUT2D eigenvalue weighted by atomic mass is 10.1. The van der Waals surface area contributed by atoms with E-state index in [0.29, 0.717) is 41.4 Å². The predicted octanol–water partition coefficient (Wildman–Crippen LogP) is 7.46. The molecule has 1 saturated heterocycles. The fourth-order valence-electron chi connectivity index (χ4n) is 6.84. The van der Waals surface area contributed by atoms with Crippen molar-refractivity contribution in [3.8, 4) is 22.8 Å². The number of carbonyl (C=O) groups excluding carboxylic acids is 2. The highest BCUT2D eigenvalue weighted by Crippen LogP contribution is 2.35. The van der Waals surface area contributed by atoms with Gasteiger partial charge in [-0.25, -0.2) is 14.6 Å². The first-order chi connectivity index (χ1) is 27.5. The van der Waals surface area contributed by atoms with E-state index in [1.54, 1.807) is 17.1 Å². The Hall–Kier alpha value is -6.38. The van der Waals surface area contributed by atoms with E-state index < -0.39 is 7.40 Å². The van der Waals surface area contributed by atoms with E-state index in [9.17, 15) is 18.2 Å². The Kier molecular flexibility index (Phi) is 13.1. The second-order valence-electron chi connectivity index (χ2n) is 14.0. The molecule has 0 bridgehead atoms. The van der Waals surface area contributed by atoms with Crippen LogP contribution >= 0.6 is 0 Å². The molecule has 1 fully saturated rings. The molecule has 0 radical (unpaired) electrons. The van der Waals surface area contributed by atoms with Gasteiger partial charge in [0.05, 0.1) is 11.4 Å². The maximum absolute atomic E-state index is 13.3. The molecule has 3 aromatic heterocycles. The number of aromatic nitrogens is 5. The van der Waals surface area contributed by atoms with Gasteiger partial charge in [-0.15, -0.1) is 0 Å². The van der Waals surface area contributed by atoms with Crippen LogP contribution in [0.15, 0.2) is 102 Å². The number of carbonyl (C=O) groups is 2. The molecule has 2 aromatic carbocycles. The van der Waals surface area contributed by atoms with Crippen molar-refractivity contribution in [3.63, 3.8) is 0 Å². The van der Waals surface area contributed by atoms with E-state index in [0.717, 1.165) is 46.7 Å². The number of nitrogens with one attached hydrogen (secondary N) is 1. The second kappa shape index (κ2) is 18.5. The number of anilines is 1. The number of aryl methyl sites for hydroxylation is 2. The maximum atomic E-state index is 13.3. The van der Waals surface area contributed by atoms with E-state index in [-0.39, 0.29) is 43.0 Å². The number of likely N-dealkylation sites (tertiary alicyclic amines) is 1. The number of nitrogens with two attached hydrogens (primary N) is 1. The molecule has 294 valence electrons. The third-order valence-electron chi connectivity index (χ3n) is 9.85. The molecule has 0 aliphatic carbocycles. The van der Waals surface area contributed by atoms with E-state index in [4.69, 9.17) is 15.6 Å². The van der Waals surface area contributed by atoms with Crippen molar-refractivity contribution in [2.45, 2.75) is 52.5 Å². The summed E-state index contributed by atoms with van der Waals surface area (Å²) in [5.74, 6) is 1.18. The lowest BCUT2D eigenvalue weighted by Crippen LogP contribution is -2.40. The molecular formula is C42H46BF2N9O3. The van der Waals surface area contributed by atoms with Crippen LogP contribution in [0.1, 0.15) is 55.6 Å². The molecule has 4 heterocycles. The SMILES string of the molecule is CC(/C=C\C(CCC(=O)NC/C=C/C(=O)N1CCCC(n2nc(-c3ccc(Oc4ccccc4)cc3)c3c(N)ncnc32)C1)=N\B(F)F)=C\c1c(C)cc(C)n1C. The smallest absolute Gasteiger partial charge is 0.457 e. The van der Waals surface area contributed by atoms with Crippen LogP contribution in [0.25, 0.3) is 28.4 Å². The fraction of sp³-hybridized carbons (Fsp3) is 0.286. The number of benzene rings is 2. The van der Waals surface area contributed by atoms with Crippen molar-refractivity contribution < 1.29 is 23.0 Å². The van der Waals surface area contributed by atoms with Crippen molar-refractivity contribution in [1.82, 2.24) is 34.5 Å². The molecule has 1 aliphatic rings. The Balaban J connectivity index is 1.03. The van der Waals surface area contributed by atoms with Crippen LogP contribution < -0.4 is 15.8 Å². The lowest BCUT2D eigenvalue weighted by molar-refractivity contribution is -0.127. The van der Waals surface area contributed by atoms with Gasteiger partial charge in [0.15, 0.2) is 5.65 Å². The summed E-state index contributed by atoms with van der Waals surface area (Å²) >= 11 is 0. The summed E-state index contributed by atoms with van der Waals surface area (Å²) in [5, 5.41) is 8.33. The molecule has 0 saturated carbocycles. The first-order valence-corrected chi connectivity index (χ1v) is 18.8. The zero-order valence-electron chi connectivity index (χ0n) is 32.5. The number of nitrogen functional groups attached to an aromatic ring is 1. The largest absolute Gasteiger partial charge is 0.692 e. The lowest BCUT2D eigenvalue weighted by Gasteiger charge is -2.32. The van der Waals surface area contributed by atoms with Gasteiger partial charge in [-0.3, -0.25) is 23.1 Å². The number of hydrogen-bond donors (Lipinski definition) is 2. The van der Waals surface area contributed by atoms with Gasteiger partial charge in [0, 0.05) is 61.8 Å². The van der Waals surface area contributed by atoms with Crippen molar-refractivity contribution >= 4 is 47.9 Å². The highest BCUT2D eigenvalue weighted by molar-refractivity contribution is 6.43. The molecule has 2 amide bonds. The van der Waals surface area contributed by atoms with Crippen molar-refractivity contribution in [3.05, 3.63) is 114 Å². The Morgan fingerprint density at radius 2 is 1.79 bits per heavy atom. The third kappa shape index (κ3) is 10.3. The monoisotopic (exact) mass is 773 g/mol. The minimum absolute atomic E-state index is 0.0361. The Morgan fingerprint density at radius 3 is 2.51 bits per heavy atom. The number of halogens is 2. The summed E-state index contributed by atoms with van der Waals surface area (Å²) in [6.45, 7) is 6.99. The van der Waals surface area contributed by atoms with Crippen molar-refractivity contribution in [1.29, 1.82) is 0 Å². The normalized spacial score (nSPS) is 15.2. The summed E-state index contributed by atoms with van der Waals surface area (Å²) < 4.78 is 36.3. The van der Waals surface area contributed by atoms with E-state index >= 15 is 0 Å². The molecule has 3 N–H and O–H groups in total. The van der Waals surface area contributed by atoms with Crippen LogP contribution in [0.4, 0.5) is 14.4 Å². The Labute approximate surface area is 331 Å². The number of hydrogen-bond acceptors (Lipinski definition) is 8. The van der Waals surface area contributed by atoms with Gasteiger partial charge in [0.2, 0.25) is 11.8 Å². The van der Waals surface area contributed by atoms with Crippen molar-refractivity contribution in [2.24, 2.45) is 12.0 Å². The topological polar surface area (TPSA) is 146 Å². The zero-order valence-corrected chi connectivity index (χ0v) is 32.5. The quantitative estimate of drug-likeness (QED) is 0.0516. The molecule has 12 nitrogen and oxygen atoms in total. The van der Waals surface area contributed by atoms with Crippen LogP contribution in [0.2, 0.25) is 0 Å². The van der Waals surface area contributed by atoms with Gasteiger partial charge in [-0.1, -0.05) is 30.4 Å². The number of para-hydroxylation sites is 1. The maximum Gasteiger partial charge on any atom is 0.692 e. The van der Waals surface area contributed by atoms with Crippen molar-refractivity contribution in [2.75, 3.05) is 25.4 Å². The predicted molar refractivity (Wildman–Crippen MR) is 221 cm³/mol. The van der Waals surface area contributed by atoms with Gasteiger partial charge in [-0.05, 0) is 106 Å².